The van der Waals surface area contributed by atoms with Crippen molar-refractivity contribution in [3.05, 3.63) is 53.3 Å². The number of amides is 1. The van der Waals surface area contributed by atoms with Gasteiger partial charge in [0.2, 0.25) is 0 Å². The zero-order valence-electron chi connectivity index (χ0n) is 17.6. The number of nitrogens with zero attached hydrogens (tertiary/aromatic N) is 1. The molecular formula is C22H29NO5S. The van der Waals surface area contributed by atoms with Crippen molar-refractivity contribution >= 4 is 16.2 Å². The minimum atomic E-state index is -3.91. The Morgan fingerprint density at radius 1 is 1.17 bits per heavy atom. The van der Waals surface area contributed by atoms with Gasteiger partial charge in [0.15, 0.2) is 0 Å². The smallest absolute Gasteiger partial charge is 0.415 e. The Hall–Kier alpha value is -2.12. The second-order valence-electron chi connectivity index (χ2n) is 8.79. The fourth-order valence-corrected chi connectivity index (χ4v) is 4.52. The Bertz CT molecular complexity index is 938. The first kappa shape index (κ1) is 21.6. The van der Waals surface area contributed by atoms with E-state index in [9.17, 15) is 13.2 Å². The number of carbonyl (C=O) groups is 1. The van der Waals surface area contributed by atoms with Gasteiger partial charge < -0.3 is 4.74 Å². The molecule has 2 atom stereocenters. The highest BCUT2D eigenvalue weighted by Gasteiger charge is 2.39. The number of hydrogen-bond donors (Lipinski definition) is 0. The van der Waals surface area contributed by atoms with Crippen molar-refractivity contribution in [3.63, 3.8) is 0 Å². The molecule has 1 heterocycles. The molecule has 6 nitrogen and oxygen atoms in total. The van der Waals surface area contributed by atoms with Crippen LogP contribution in [-0.4, -0.2) is 37.7 Å². The van der Waals surface area contributed by atoms with Crippen LogP contribution >= 0.6 is 0 Å². The lowest BCUT2D eigenvalue weighted by Gasteiger charge is -2.30. The van der Waals surface area contributed by atoms with Gasteiger partial charge >= 0.3 is 6.09 Å². The molecule has 0 radical (unpaired) electrons. The van der Waals surface area contributed by atoms with Crippen molar-refractivity contribution < 1.29 is 22.1 Å². The lowest BCUT2D eigenvalue weighted by Crippen LogP contribution is -2.42. The first-order chi connectivity index (χ1) is 13.5. The van der Waals surface area contributed by atoms with E-state index >= 15 is 0 Å². The van der Waals surface area contributed by atoms with Gasteiger partial charge in [-0.3, -0.25) is 9.08 Å². The quantitative estimate of drug-likeness (QED) is 0.669. The first-order valence-corrected chi connectivity index (χ1v) is 11.3. The van der Waals surface area contributed by atoms with Crippen LogP contribution in [0.3, 0.4) is 0 Å². The lowest BCUT2D eigenvalue weighted by atomic mass is 9.93. The maximum Gasteiger partial charge on any atom is 0.415 e. The van der Waals surface area contributed by atoms with Crippen LogP contribution < -0.4 is 0 Å². The second kappa shape index (κ2) is 7.95. The average Bonchev–Trinajstić information content (AvgIpc) is 2.96. The highest BCUT2D eigenvalue weighted by molar-refractivity contribution is 7.86. The molecule has 2 aliphatic rings. The summed E-state index contributed by atoms with van der Waals surface area (Å²) in [6, 6.07) is 6.08. The molecule has 0 bridgehead atoms. The Labute approximate surface area is 173 Å². The Morgan fingerprint density at radius 3 is 2.45 bits per heavy atom. The van der Waals surface area contributed by atoms with E-state index in [0.717, 1.165) is 23.3 Å². The molecule has 3 rings (SSSR count). The minimum absolute atomic E-state index is 0.108. The van der Waals surface area contributed by atoms with Gasteiger partial charge in [-0.15, -0.1) is 0 Å². The van der Waals surface area contributed by atoms with Crippen molar-refractivity contribution in [2.45, 2.75) is 64.0 Å². The maximum atomic E-state index is 12.9. The molecule has 0 spiro atoms. The van der Waals surface area contributed by atoms with Crippen LogP contribution in [0.4, 0.5) is 4.79 Å². The van der Waals surface area contributed by atoms with E-state index in [1.807, 2.05) is 33.8 Å². The number of allylic oxidation sites excluding steroid dienone is 2. The van der Waals surface area contributed by atoms with Gasteiger partial charge in [-0.25, -0.2) is 4.79 Å². The largest absolute Gasteiger partial charge is 0.443 e. The molecule has 1 aromatic rings. The van der Waals surface area contributed by atoms with Gasteiger partial charge in [0.1, 0.15) is 5.60 Å². The van der Waals surface area contributed by atoms with Crippen molar-refractivity contribution in [2.75, 3.05) is 6.61 Å². The molecule has 7 heteroatoms. The molecule has 1 amide bonds. The van der Waals surface area contributed by atoms with Crippen molar-refractivity contribution in [1.29, 1.82) is 0 Å². The molecule has 1 unspecified atom stereocenters. The van der Waals surface area contributed by atoms with Gasteiger partial charge in [0.05, 0.1) is 17.5 Å². The summed E-state index contributed by atoms with van der Waals surface area (Å²) >= 11 is 0. The molecule has 1 aliphatic heterocycles. The van der Waals surface area contributed by atoms with Crippen LogP contribution in [-0.2, 0) is 19.0 Å². The van der Waals surface area contributed by atoms with Gasteiger partial charge in [-0.1, -0.05) is 30.7 Å². The summed E-state index contributed by atoms with van der Waals surface area (Å²) in [6.45, 7) is 9.31. The summed E-state index contributed by atoms with van der Waals surface area (Å²) < 4.78 is 36.1. The van der Waals surface area contributed by atoms with Crippen LogP contribution in [0.25, 0.3) is 0 Å². The van der Waals surface area contributed by atoms with E-state index in [-0.39, 0.29) is 11.5 Å². The molecule has 0 saturated heterocycles. The fourth-order valence-electron chi connectivity index (χ4n) is 3.58. The van der Waals surface area contributed by atoms with E-state index in [1.165, 1.54) is 12.1 Å². The summed E-state index contributed by atoms with van der Waals surface area (Å²) in [7, 11) is -3.91. The number of rotatable bonds is 4. The number of hydrogen-bond acceptors (Lipinski definition) is 5. The van der Waals surface area contributed by atoms with Gasteiger partial charge in [-0.2, -0.15) is 8.42 Å². The molecule has 0 fully saturated rings. The third kappa shape index (κ3) is 5.08. The van der Waals surface area contributed by atoms with Crippen LogP contribution in [0, 0.1) is 12.8 Å². The summed E-state index contributed by atoms with van der Waals surface area (Å²) in [4.78, 5) is 14.5. The molecular weight excluding hydrogens is 390 g/mol. The number of aryl methyl sites for hydroxylation is 1. The zero-order chi connectivity index (χ0) is 21.4. The van der Waals surface area contributed by atoms with Crippen LogP contribution in [0.1, 0.15) is 46.1 Å². The average molecular weight is 420 g/mol. The zero-order valence-corrected chi connectivity index (χ0v) is 18.5. The van der Waals surface area contributed by atoms with Crippen molar-refractivity contribution in [3.8, 4) is 0 Å². The summed E-state index contributed by atoms with van der Waals surface area (Å²) in [5.74, 6) is 0.380. The predicted molar refractivity (Wildman–Crippen MR) is 111 cm³/mol. The molecule has 1 aromatic carbocycles. The normalized spacial score (nSPS) is 22.0. The lowest BCUT2D eigenvalue weighted by molar-refractivity contribution is 0.0236. The first-order valence-electron chi connectivity index (χ1n) is 9.85. The topological polar surface area (TPSA) is 72.9 Å². The Kier molecular flexibility index (Phi) is 5.92. The molecule has 0 saturated carbocycles. The third-order valence-corrected chi connectivity index (χ3v) is 6.23. The van der Waals surface area contributed by atoms with Gasteiger partial charge in [0.25, 0.3) is 10.1 Å². The Morgan fingerprint density at radius 2 is 1.83 bits per heavy atom. The maximum absolute atomic E-state index is 12.9. The fraction of sp³-hybridized carbons (Fsp3) is 0.500. The van der Waals surface area contributed by atoms with Gasteiger partial charge in [-0.05, 0) is 70.2 Å². The highest BCUT2D eigenvalue weighted by Crippen LogP contribution is 2.38. The Balaban J connectivity index is 1.79. The molecule has 0 aromatic heterocycles. The van der Waals surface area contributed by atoms with Crippen molar-refractivity contribution in [2.24, 2.45) is 5.92 Å². The van der Waals surface area contributed by atoms with E-state index in [4.69, 9.17) is 8.92 Å². The number of carbonyl (C=O) groups excluding carboxylic acids is 1. The van der Waals surface area contributed by atoms with E-state index < -0.39 is 27.9 Å². The summed E-state index contributed by atoms with van der Waals surface area (Å²) in [5.41, 5.74) is 2.25. The number of ether oxygens (including phenoxy) is 1. The summed E-state index contributed by atoms with van der Waals surface area (Å²) in [5, 5.41) is 0. The third-order valence-electron chi connectivity index (χ3n) is 4.94. The molecule has 0 N–H and O–H groups in total. The van der Waals surface area contributed by atoms with Crippen LogP contribution in [0.5, 0.6) is 0 Å². The van der Waals surface area contributed by atoms with Crippen molar-refractivity contribution in [1.82, 2.24) is 4.90 Å². The summed E-state index contributed by atoms with van der Waals surface area (Å²) in [6.07, 6.45) is 4.92. The standard InChI is InChI=1S/C22H29NO5S/c1-15-6-9-19(10-7-15)29(25,26)27-14-18-13-17-12-16(2)8-11-20(17)23(18)21(24)28-22(3,4)5/h6-11,16,18H,12-14H2,1-5H3/t16?,18-/m0/s1. The number of benzene rings is 1. The van der Waals surface area contributed by atoms with E-state index in [0.29, 0.717) is 12.3 Å². The molecule has 1 aliphatic carbocycles. The van der Waals surface area contributed by atoms with Crippen LogP contribution in [0.15, 0.2) is 52.6 Å². The van der Waals surface area contributed by atoms with Gasteiger partial charge in [0, 0.05) is 5.70 Å². The van der Waals surface area contributed by atoms with E-state index in [1.54, 1.807) is 17.0 Å². The molecule has 29 heavy (non-hydrogen) atoms. The monoisotopic (exact) mass is 419 g/mol. The second-order valence-corrected chi connectivity index (χ2v) is 10.4. The van der Waals surface area contributed by atoms with E-state index in [2.05, 4.69) is 13.0 Å². The predicted octanol–water partition coefficient (Wildman–Crippen LogP) is 4.56. The molecule has 158 valence electrons. The minimum Gasteiger partial charge on any atom is -0.443 e. The van der Waals surface area contributed by atoms with Crippen LogP contribution in [0.2, 0.25) is 0 Å². The SMILES string of the molecule is Cc1ccc(S(=O)(=O)OC[C@@H]2CC3=C(C=CC(C)C3)N2C(=O)OC(C)(C)C)cc1. The highest BCUT2D eigenvalue weighted by atomic mass is 32.2.